The molecule has 0 spiro atoms. The summed E-state index contributed by atoms with van der Waals surface area (Å²) in [6.45, 7) is 7.45. The third-order valence-corrected chi connectivity index (χ3v) is 3.49. The Labute approximate surface area is 120 Å². The van der Waals surface area contributed by atoms with Crippen LogP contribution in [0.2, 0.25) is 0 Å². The van der Waals surface area contributed by atoms with Crippen molar-refractivity contribution < 1.29 is 19.4 Å². The van der Waals surface area contributed by atoms with Crippen LogP contribution in [-0.2, 0) is 9.53 Å². The van der Waals surface area contributed by atoms with Crippen molar-refractivity contribution in [3.63, 3.8) is 0 Å². The van der Waals surface area contributed by atoms with Gasteiger partial charge in [-0.2, -0.15) is 0 Å². The highest BCUT2D eigenvalue weighted by atomic mass is 16.5. The van der Waals surface area contributed by atoms with Gasteiger partial charge in [0.25, 0.3) is 0 Å². The van der Waals surface area contributed by atoms with Crippen molar-refractivity contribution >= 4 is 12.0 Å². The molecule has 0 radical (unpaired) electrons. The predicted octanol–water partition coefficient (Wildman–Crippen LogP) is 1.68. The molecule has 6 heteroatoms. The lowest BCUT2D eigenvalue weighted by molar-refractivity contribution is -0.124. The van der Waals surface area contributed by atoms with Gasteiger partial charge in [-0.05, 0) is 30.6 Å². The maximum Gasteiger partial charge on any atom is 0.407 e. The lowest BCUT2D eigenvalue weighted by Crippen LogP contribution is -2.51. The molecule has 116 valence electrons. The normalized spacial score (nSPS) is 18.6. The number of nitrogens with two attached hydrogens (primary N) is 1. The minimum Gasteiger partial charge on any atom is -0.465 e. The molecule has 1 atom stereocenters. The van der Waals surface area contributed by atoms with E-state index >= 15 is 0 Å². The van der Waals surface area contributed by atoms with Gasteiger partial charge in [0.1, 0.15) is 6.04 Å². The first-order chi connectivity index (χ1) is 9.20. The maximum absolute atomic E-state index is 11.7. The van der Waals surface area contributed by atoms with Crippen LogP contribution in [0.3, 0.4) is 0 Å². The Balaban J connectivity index is 2.79. The number of carboxylic acid groups (broad SMARTS) is 1. The SMILES string of the molecule is CC(C)(C)CN(C(=O)O)[C@@H](CC1CCOCC1)C(N)=O. The highest BCUT2D eigenvalue weighted by molar-refractivity contribution is 5.83. The minimum atomic E-state index is -1.09. The Hall–Kier alpha value is -1.30. The molecule has 1 heterocycles. The van der Waals surface area contributed by atoms with Crippen molar-refractivity contribution in [1.29, 1.82) is 0 Å². The van der Waals surface area contributed by atoms with Crippen LogP contribution in [0, 0.1) is 11.3 Å². The van der Waals surface area contributed by atoms with E-state index in [4.69, 9.17) is 10.5 Å². The van der Waals surface area contributed by atoms with E-state index in [1.54, 1.807) is 0 Å². The van der Waals surface area contributed by atoms with E-state index < -0.39 is 18.0 Å². The van der Waals surface area contributed by atoms with Gasteiger partial charge in [-0.15, -0.1) is 0 Å². The fourth-order valence-electron chi connectivity index (χ4n) is 2.52. The van der Waals surface area contributed by atoms with Gasteiger partial charge in [0, 0.05) is 19.8 Å². The second-order valence-electron chi connectivity index (χ2n) is 6.68. The summed E-state index contributed by atoms with van der Waals surface area (Å²) < 4.78 is 5.28. The smallest absolute Gasteiger partial charge is 0.407 e. The third-order valence-electron chi connectivity index (χ3n) is 3.49. The molecular formula is C14H26N2O4. The number of nitrogens with zero attached hydrogens (tertiary/aromatic N) is 1. The van der Waals surface area contributed by atoms with Crippen LogP contribution in [0.25, 0.3) is 0 Å². The molecule has 0 saturated carbocycles. The van der Waals surface area contributed by atoms with E-state index in [1.165, 1.54) is 4.90 Å². The quantitative estimate of drug-likeness (QED) is 0.804. The average Bonchev–Trinajstić information content (AvgIpc) is 2.33. The number of rotatable bonds is 5. The first-order valence-corrected chi connectivity index (χ1v) is 7.07. The summed E-state index contributed by atoms with van der Waals surface area (Å²) in [5.41, 5.74) is 5.22. The Morgan fingerprint density at radius 3 is 2.30 bits per heavy atom. The summed E-state index contributed by atoms with van der Waals surface area (Å²) in [4.78, 5) is 24.3. The van der Waals surface area contributed by atoms with Crippen molar-refractivity contribution in [3.8, 4) is 0 Å². The summed E-state index contributed by atoms with van der Waals surface area (Å²) in [6.07, 6.45) is 1.11. The second-order valence-corrected chi connectivity index (χ2v) is 6.68. The Morgan fingerprint density at radius 2 is 1.90 bits per heavy atom. The van der Waals surface area contributed by atoms with Crippen LogP contribution in [0.1, 0.15) is 40.0 Å². The molecule has 0 unspecified atom stereocenters. The van der Waals surface area contributed by atoms with Gasteiger partial charge in [-0.25, -0.2) is 4.79 Å². The first-order valence-electron chi connectivity index (χ1n) is 7.07. The fourth-order valence-corrected chi connectivity index (χ4v) is 2.52. The first kappa shape index (κ1) is 16.8. The molecule has 0 aromatic rings. The zero-order valence-electron chi connectivity index (χ0n) is 12.6. The van der Waals surface area contributed by atoms with Crippen molar-refractivity contribution in [3.05, 3.63) is 0 Å². The number of carbonyl (C=O) groups excluding carboxylic acids is 1. The van der Waals surface area contributed by atoms with Crippen molar-refractivity contribution in [2.75, 3.05) is 19.8 Å². The van der Waals surface area contributed by atoms with Crippen LogP contribution in [0.5, 0.6) is 0 Å². The van der Waals surface area contributed by atoms with Crippen LogP contribution in [0.4, 0.5) is 4.79 Å². The molecule has 3 N–H and O–H groups in total. The zero-order valence-corrected chi connectivity index (χ0v) is 12.6. The fraction of sp³-hybridized carbons (Fsp3) is 0.857. The van der Waals surface area contributed by atoms with Crippen molar-refractivity contribution in [2.24, 2.45) is 17.1 Å². The van der Waals surface area contributed by atoms with Gasteiger partial charge < -0.3 is 15.6 Å². The molecule has 20 heavy (non-hydrogen) atoms. The van der Waals surface area contributed by atoms with E-state index in [1.807, 2.05) is 20.8 Å². The van der Waals surface area contributed by atoms with Gasteiger partial charge in [0.2, 0.25) is 5.91 Å². The van der Waals surface area contributed by atoms with Crippen LogP contribution in [-0.4, -0.2) is 47.8 Å². The third kappa shape index (κ3) is 5.36. The monoisotopic (exact) mass is 286 g/mol. The zero-order chi connectivity index (χ0) is 15.3. The van der Waals surface area contributed by atoms with Gasteiger partial charge in [0.05, 0.1) is 0 Å². The molecule has 0 bridgehead atoms. The molecule has 0 aromatic carbocycles. The van der Waals surface area contributed by atoms with Crippen molar-refractivity contribution in [2.45, 2.75) is 46.1 Å². The largest absolute Gasteiger partial charge is 0.465 e. The van der Waals surface area contributed by atoms with Gasteiger partial charge in [0.15, 0.2) is 0 Å². The summed E-state index contributed by atoms with van der Waals surface area (Å²) >= 11 is 0. The molecule has 1 aliphatic heterocycles. The lowest BCUT2D eigenvalue weighted by atomic mass is 9.90. The van der Waals surface area contributed by atoms with E-state index in [0.717, 1.165) is 12.8 Å². The summed E-state index contributed by atoms with van der Waals surface area (Å²) in [5.74, 6) is -0.272. The molecule has 1 rings (SSSR count). The van der Waals surface area contributed by atoms with E-state index in [9.17, 15) is 14.7 Å². The highest BCUT2D eigenvalue weighted by Gasteiger charge is 2.33. The maximum atomic E-state index is 11.7. The molecular weight excluding hydrogens is 260 g/mol. The van der Waals surface area contributed by atoms with E-state index in [-0.39, 0.29) is 5.41 Å². The molecule has 0 aliphatic carbocycles. The Bertz CT molecular complexity index is 346. The number of hydrogen-bond donors (Lipinski definition) is 2. The number of primary amides is 1. The topological polar surface area (TPSA) is 92.9 Å². The van der Waals surface area contributed by atoms with E-state index in [2.05, 4.69) is 0 Å². The van der Waals surface area contributed by atoms with Crippen LogP contribution < -0.4 is 5.73 Å². The Kier molecular flexibility index (Phi) is 5.80. The van der Waals surface area contributed by atoms with Crippen molar-refractivity contribution in [1.82, 2.24) is 4.90 Å². The summed E-state index contributed by atoms with van der Waals surface area (Å²) in [6, 6.07) is -0.755. The molecule has 2 amide bonds. The number of hydrogen-bond acceptors (Lipinski definition) is 3. The van der Waals surface area contributed by atoms with E-state index in [0.29, 0.717) is 32.1 Å². The highest BCUT2D eigenvalue weighted by Crippen LogP contribution is 2.25. The molecule has 1 saturated heterocycles. The van der Waals surface area contributed by atoms with Crippen LogP contribution in [0.15, 0.2) is 0 Å². The molecule has 1 aliphatic rings. The average molecular weight is 286 g/mol. The minimum absolute atomic E-state index is 0.220. The second kappa shape index (κ2) is 6.92. The molecule has 6 nitrogen and oxygen atoms in total. The van der Waals surface area contributed by atoms with Gasteiger partial charge >= 0.3 is 6.09 Å². The molecule has 1 fully saturated rings. The van der Waals surface area contributed by atoms with Gasteiger partial charge in [-0.1, -0.05) is 20.8 Å². The predicted molar refractivity (Wildman–Crippen MR) is 75.3 cm³/mol. The number of ether oxygens (including phenoxy) is 1. The number of amides is 2. The lowest BCUT2D eigenvalue weighted by Gasteiger charge is -2.35. The Morgan fingerprint density at radius 1 is 1.35 bits per heavy atom. The number of carbonyl (C=O) groups is 2. The summed E-state index contributed by atoms with van der Waals surface area (Å²) in [5, 5.41) is 9.38. The standard InChI is InChI=1S/C14H26N2O4/c1-14(2,3)9-16(13(18)19)11(12(15)17)8-10-4-6-20-7-5-10/h10-11H,4-9H2,1-3H3,(H2,15,17)(H,18,19)/t11-/m0/s1. The van der Waals surface area contributed by atoms with Gasteiger partial charge in [-0.3, -0.25) is 9.69 Å². The summed E-state index contributed by atoms with van der Waals surface area (Å²) in [7, 11) is 0. The van der Waals surface area contributed by atoms with Crippen LogP contribution >= 0.6 is 0 Å². The molecule has 0 aromatic heterocycles.